The van der Waals surface area contributed by atoms with Crippen molar-refractivity contribution in [3.63, 3.8) is 0 Å². The Bertz CT molecular complexity index is 717. The van der Waals surface area contributed by atoms with Crippen LogP contribution in [0.5, 0.6) is 5.75 Å². The average Bonchev–Trinajstić information content (AvgIpc) is 2.56. The number of halogens is 2. The third-order valence-corrected chi connectivity index (χ3v) is 3.41. The van der Waals surface area contributed by atoms with E-state index in [4.69, 9.17) is 27.9 Å². The van der Waals surface area contributed by atoms with Gasteiger partial charge in [-0.05, 0) is 42.5 Å². The minimum Gasteiger partial charge on any atom is -0.484 e. The van der Waals surface area contributed by atoms with E-state index in [2.05, 4.69) is 10.1 Å². The third-order valence-electron chi connectivity index (χ3n) is 2.85. The molecule has 7 heteroatoms. The van der Waals surface area contributed by atoms with Gasteiger partial charge in [-0.2, -0.15) is 0 Å². The van der Waals surface area contributed by atoms with Crippen LogP contribution in [0.25, 0.3) is 0 Å². The normalized spacial score (nSPS) is 10.0. The Morgan fingerprint density at radius 2 is 1.78 bits per heavy atom. The van der Waals surface area contributed by atoms with E-state index in [9.17, 15) is 9.59 Å². The average molecular weight is 354 g/mol. The molecule has 0 bridgehead atoms. The highest BCUT2D eigenvalue weighted by Crippen LogP contribution is 2.25. The van der Waals surface area contributed by atoms with Crippen LogP contribution in [0.3, 0.4) is 0 Å². The molecule has 0 aromatic heterocycles. The van der Waals surface area contributed by atoms with Gasteiger partial charge in [0.2, 0.25) is 0 Å². The first-order valence-corrected chi connectivity index (χ1v) is 7.31. The molecule has 0 aliphatic carbocycles. The Balaban J connectivity index is 1.91. The van der Waals surface area contributed by atoms with Gasteiger partial charge in [0.05, 0.1) is 23.4 Å². The van der Waals surface area contributed by atoms with E-state index in [1.54, 1.807) is 42.5 Å². The molecule has 120 valence electrons. The monoisotopic (exact) mass is 353 g/mol. The summed E-state index contributed by atoms with van der Waals surface area (Å²) in [4.78, 5) is 23.2. The number of carbonyl (C=O) groups is 2. The van der Waals surface area contributed by atoms with Gasteiger partial charge in [0, 0.05) is 5.02 Å². The zero-order chi connectivity index (χ0) is 16.8. The number of esters is 1. The van der Waals surface area contributed by atoms with Crippen LogP contribution in [0.15, 0.2) is 42.5 Å². The number of amides is 1. The topological polar surface area (TPSA) is 64.6 Å². The Morgan fingerprint density at radius 3 is 2.43 bits per heavy atom. The van der Waals surface area contributed by atoms with Gasteiger partial charge in [0.25, 0.3) is 5.91 Å². The highest BCUT2D eigenvalue weighted by atomic mass is 35.5. The second-order valence-corrected chi connectivity index (χ2v) is 5.32. The van der Waals surface area contributed by atoms with Gasteiger partial charge in [-0.1, -0.05) is 23.2 Å². The molecule has 2 rings (SSSR count). The number of benzene rings is 2. The van der Waals surface area contributed by atoms with Crippen molar-refractivity contribution in [2.75, 3.05) is 19.0 Å². The van der Waals surface area contributed by atoms with Crippen LogP contribution in [-0.2, 0) is 9.53 Å². The van der Waals surface area contributed by atoms with Crippen LogP contribution in [0, 0.1) is 0 Å². The van der Waals surface area contributed by atoms with E-state index in [1.807, 2.05) is 0 Å². The van der Waals surface area contributed by atoms with E-state index in [1.165, 1.54) is 7.11 Å². The molecule has 23 heavy (non-hydrogen) atoms. The predicted octanol–water partition coefficient (Wildman–Crippen LogP) is 3.80. The molecule has 0 heterocycles. The van der Waals surface area contributed by atoms with Crippen LogP contribution in [0.4, 0.5) is 5.69 Å². The molecular weight excluding hydrogens is 341 g/mol. The van der Waals surface area contributed by atoms with Crippen molar-refractivity contribution in [2.24, 2.45) is 0 Å². The summed E-state index contributed by atoms with van der Waals surface area (Å²) < 4.78 is 9.93. The number of ether oxygens (including phenoxy) is 2. The number of carbonyl (C=O) groups excluding carboxylic acids is 2. The van der Waals surface area contributed by atoms with Crippen molar-refractivity contribution in [1.29, 1.82) is 0 Å². The van der Waals surface area contributed by atoms with Gasteiger partial charge in [0.1, 0.15) is 5.75 Å². The first kappa shape index (κ1) is 17.1. The Kier molecular flexibility index (Phi) is 5.84. The van der Waals surface area contributed by atoms with Gasteiger partial charge < -0.3 is 14.8 Å². The second-order valence-electron chi connectivity index (χ2n) is 4.48. The first-order valence-electron chi connectivity index (χ1n) is 6.55. The van der Waals surface area contributed by atoms with Crippen LogP contribution >= 0.6 is 23.2 Å². The Morgan fingerprint density at radius 1 is 1.09 bits per heavy atom. The lowest BCUT2D eigenvalue weighted by molar-refractivity contribution is -0.118. The molecule has 0 saturated heterocycles. The van der Waals surface area contributed by atoms with Crippen molar-refractivity contribution in [2.45, 2.75) is 0 Å². The highest BCUT2D eigenvalue weighted by Gasteiger charge is 2.09. The summed E-state index contributed by atoms with van der Waals surface area (Å²) in [6.45, 7) is -0.208. The molecule has 0 unspecified atom stereocenters. The SMILES string of the molecule is COC(=O)c1ccc(OCC(=O)Nc2cc(Cl)ccc2Cl)cc1. The molecule has 1 amide bonds. The van der Waals surface area contributed by atoms with Gasteiger partial charge in [-0.25, -0.2) is 4.79 Å². The van der Waals surface area contributed by atoms with E-state index in [0.717, 1.165) is 0 Å². The zero-order valence-electron chi connectivity index (χ0n) is 12.1. The van der Waals surface area contributed by atoms with Crippen LogP contribution in [-0.4, -0.2) is 25.6 Å². The van der Waals surface area contributed by atoms with E-state index in [-0.39, 0.29) is 12.5 Å². The maximum Gasteiger partial charge on any atom is 0.337 e. The van der Waals surface area contributed by atoms with Gasteiger partial charge in [-0.3, -0.25) is 4.79 Å². The summed E-state index contributed by atoms with van der Waals surface area (Å²) in [5.74, 6) is -0.374. The molecule has 5 nitrogen and oxygen atoms in total. The van der Waals surface area contributed by atoms with Crippen molar-refractivity contribution in [3.05, 3.63) is 58.1 Å². The van der Waals surface area contributed by atoms with Crippen LogP contribution in [0.2, 0.25) is 10.0 Å². The lowest BCUT2D eigenvalue weighted by Crippen LogP contribution is -2.20. The maximum atomic E-state index is 11.9. The summed E-state index contributed by atoms with van der Waals surface area (Å²) in [6.07, 6.45) is 0. The number of nitrogens with one attached hydrogen (secondary N) is 1. The predicted molar refractivity (Wildman–Crippen MR) is 88.4 cm³/mol. The molecule has 1 N–H and O–H groups in total. The minimum atomic E-state index is -0.440. The van der Waals surface area contributed by atoms with Gasteiger partial charge in [0.15, 0.2) is 6.61 Å². The Hall–Kier alpha value is -2.24. The smallest absolute Gasteiger partial charge is 0.337 e. The minimum absolute atomic E-state index is 0.208. The summed E-state index contributed by atoms with van der Waals surface area (Å²) in [5, 5.41) is 3.45. The summed E-state index contributed by atoms with van der Waals surface area (Å²) in [6, 6.07) is 11.0. The highest BCUT2D eigenvalue weighted by molar-refractivity contribution is 6.35. The number of anilines is 1. The first-order chi connectivity index (χ1) is 11.0. The molecule has 0 fully saturated rings. The summed E-state index contributed by atoms with van der Waals surface area (Å²) >= 11 is 11.8. The fourth-order valence-electron chi connectivity index (χ4n) is 1.73. The van der Waals surface area contributed by atoms with Gasteiger partial charge in [-0.15, -0.1) is 0 Å². The molecule has 0 atom stereocenters. The molecule has 0 radical (unpaired) electrons. The van der Waals surface area contributed by atoms with Crippen LogP contribution in [0.1, 0.15) is 10.4 Å². The second kappa shape index (κ2) is 7.85. The van der Waals surface area contributed by atoms with E-state index >= 15 is 0 Å². The quantitative estimate of drug-likeness (QED) is 0.830. The number of hydrogen-bond donors (Lipinski definition) is 1. The third kappa shape index (κ3) is 4.87. The Labute approximate surface area is 143 Å². The van der Waals surface area contributed by atoms with Crippen molar-refractivity contribution < 1.29 is 19.1 Å². The van der Waals surface area contributed by atoms with E-state index in [0.29, 0.717) is 27.0 Å². The van der Waals surface area contributed by atoms with Crippen molar-refractivity contribution in [3.8, 4) is 5.75 Å². The summed E-state index contributed by atoms with van der Waals surface area (Å²) in [5.41, 5.74) is 0.809. The maximum absolute atomic E-state index is 11.9. The molecule has 0 saturated carbocycles. The van der Waals surface area contributed by atoms with Crippen LogP contribution < -0.4 is 10.1 Å². The van der Waals surface area contributed by atoms with Crippen molar-refractivity contribution >= 4 is 40.8 Å². The lowest BCUT2D eigenvalue weighted by atomic mass is 10.2. The largest absolute Gasteiger partial charge is 0.484 e. The number of rotatable bonds is 5. The summed E-state index contributed by atoms with van der Waals surface area (Å²) in [7, 11) is 1.30. The standard InChI is InChI=1S/C16H13Cl2NO4/c1-22-16(21)10-2-5-12(6-3-10)23-9-15(20)19-14-8-11(17)4-7-13(14)18/h2-8H,9H2,1H3,(H,19,20). The fourth-order valence-corrected chi connectivity index (χ4v) is 2.07. The molecular formula is C16H13Cl2NO4. The molecule has 0 aliphatic heterocycles. The van der Waals surface area contributed by atoms with E-state index < -0.39 is 5.97 Å². The molecule has 2 aromatic rings. The number of methoxy groups -OCH3 is 1. The lowest BCUT2D eigenvalue weighted by Gasteiger charge is -2.09. The molecule has 0 aliphatic rings. The molecule has 0 spiro atoms. The van der Waals surface area contributed by atoms with Gasteiger partial charge >= 0.3 is 5.97 Å². The fraction of sp³-hybridized carbons (Fsp3) is 0.125. The van der Waals surface area contributed by atoms with Crippen molar-refractivity contribution in [1.82, 2.24) is 0 Å². The number of hydrogen-bond acceptors (Lipinski definition) is 4. The molecule has 2 aromatic carbocycles. The zero-order valence-corrected chi connectivity index (χ0v) is 13.6.